The van der Waals surface area contributed by atoms with E-state index in [1.165, 1.54) is 30.3 Å². The van der Waals surface area contributed by atoms with Crippen LogP contribution < -0.4 is 10.7 Å². The number of pyridine rings is 1. The lowest BCUT2D eigenvalue weighted by Gasteiger charge is -2.42. The summed E-state index contributed by atoms with van der Waals surface area (Å²) in [6, 6.07) is 5.57. The number of likely N-dealkylation sites (tertiary alicyclic amines) is 1. The summed E-state index contributed by atoms with van der Waals surface area (Å²) < 4.78 is 26.2. The Morgan fingerprint density at radius 3 is 2.62 bits per heavy atom. The zero-order chi connectivity index (χ0) is 29.8. The van der Waals surface area contributed by atoms with Crippen LogP contribution in [0, 0.1) is 0 Å². The van der Waals surface area contributed by atoms with E-state index in [2.05, 4.69) is 10.3 Å². The van der Waals surface area contributed by atoms with Gasteiger partial charge in [-0.15, -0.1) is 11.3 Å². The fourth-order valence-electron chi connectivity index (χ4n) is 6.30. The molecular weight excluding hydrogens is 586 g/mol. The van der Waals surface area contributed by atoms with Gasteiger partial charge in [0.2, 0.25) is 17.7 Å². The molecule has 0 aliphatic carbocycles. The maximum absolute atomic E-state index is 14.2. The number of fused-ring (bicyclic) bond motifs is 2. The molecule has 1 unspecified atom stereocenters. The van der Waals surface area contributed by atoms with Crippen molar-refractivity contribution in [1.29, 1.82) is 0 Å². The average molecular weight is 617 g/mol. The van der Waals surface area contributed by atoms with E-state index in [9.17, 15) is 37.9 Å². The van der Waals surface area contributed by atoms with E-state index >= 15 is 0 Å². The lowest BCUT2D eigenvalue weighted by atomic mass is 9.91. The SMILES string of the molecule is O=C(N[C@H]1CCC[C@H]2CC[C@@H](C(=O)N3CC(c4c[nH]ccc4=O)C3)N2C1=O)c1cc2cc(C(F)P(=O)(O)O)ccc2s1. The number of carbonyl (C=O) groups excluding carboxylic acids is 3. The van der Waals surface area contributed by atoms with E-state index in [4.69, 9.17) is 0 Å². The number of hydrogen-bond acceptors (Lipinski definition) is 6. The molecule has 4 N–H and O–H groups in total. The van der Waals surface area contributed by atoms with Crippen molar-refractivity contribution in [2.24, 2.45) is 0 Å². The van der Waals surface area contributed by atoms with E-state index in [-0.39, 0.29) is 39.6 Å². The quantitative estimate of drug-likeness (QED) is 0.310. The molecule has 11 nitrogen and oxygen atoms in total. The van der Waals surface area contributed by atoms with E-state index in [1.54, 1.807) is 22.2 Å². The molecule has 222 valence electrons. The molecule has 3 amide bonds. The Bertz CT molecular complexity index is 1660. The third-order valence-corrected chi connectivity index (χ3v) is 10.5. The van der Waals surface area contributed by atoms with Gasteiger partial charge in [0.05, 0.1) is 4.88 Å². The molecule has 0 radical (unpaired) electrons. The van der Waals surface area contributed by atoms with Crippen LogP contribution in [0.4, 0.5) is 4.39 Å². The summed E-state index contributed by atoms with van der Waals surface area (Å²) >= 11 is 1.13. The zero-order valence-corrected chi connectivity index (χ0v) is 24.2. The molecule has 3 aliphatic rings. The van der Waals surface area contributed by atoms with Crippen LogP contribution in [0.1, 0.15) is 64.7 Å². The van der Waals surface area contributed by atoms with Crippen LogP contribution in [0.25, 0.3) is 10.1 Å². The molecule has 6 rings (SSSR count). The van der Waals surface area contributed by atoms with Crippen molar-refractivity contribution < 1.29 is 33.1 Å². The molecule has 3 aliphatic heterocycles. The number of aromatic nitrogens is 1. The fourth-order valence-corrected chi connectivity index (χ4v) is 7.79. The van der Waals surface area contributed by atoms with Crippen molar-refractivity contribution in [3.05, 3.63) is 69.0 Å². The number of alkyl halides is 1. The molecule has 2 aromatic heterocycles. The minimum atomic E-state index is -4.98. The molecule has 3 fully saturated rings. The first-order chi connectivity index (χ1) is 20.0. The maximum atomic E-state index is 14.2. The summed E-state index contributed by atoms with van der Waals surface area (Å²) in [5.74, 6) is -3.42. The fraction of sp³-hybridized carbons (Fsp3) is 0.429. The molecule has 3 aromatic rings. The summed E-state index contributed by atoms with van der Waals surface area (Å²) in [6.07, 6.45) is 6.37. The van der Waals surface area contributed by atoms with Gasteiger partial charge in [-0.3, -0.25) is 23.7 Å². The highest BCUT2D eigenvalue weighted by atomic mass is 32.1. The topological polar surface area (TPSA) is 160 Å². The highest BCUT2D eigenvalue weighted by molar-refractivity contribution is 7.51. The van der Waals surface area contributed by atoms with Crippen molar-refractivity contribution in [1.82, 2.24) is 20.1 Å². The van der Waals surface area contributed by atoms with Crippen molar-refractivity contribution in [3.8, 4) is 0 Å². The van der Waals surface area contributed by atoms with Crippen molar-refractivity contribution in [2.75, 3.05) is 13.1 Å². The molecule has 3 saturated heterocycles. The predicted octanol–water partition coefficient (Wildman–Crippen LogP) is 3.00. The van der Waals surface area contributed by atoms with Crippen LogP contribution in [-0.4, -0.2) is 73.5 Å². The number of halogens is 1. The largest absolute Gasteiger partial charge is 0.367 e. The third-order valence-electron chi connectivity index (χ3n) is 8.50. The zero-order valence-electron chi connectivity index (χ0n) is 22.4. The molecule has 5 heterocycles. The summed E-state index contributed by atoms with van der Waals surface area (Å²) in [4.78, 5) is 77.5. The minimum absolute atomic E-state index is 0.0482. The Morgan fingerprint density at radius 2 is 1.88 bits per heavy atom. The molecule has 0 saturated carbocycles. The molecular formula is C28H30FN4O7PS. The van der Waals surface area contributed by atoms with Gasteiger partial charge >= 0.3 is 7.60 Å². The number of H-pyrrole nitrogens is 1. The smallest absolute Gasteiger partial charge is 0.363 e. The van der Waals surface area contributed by atoms with Gasteiger partial charge in [0.1, 0.15) is 12.1 Å². The molecule has 4 atom stereocenters. The van der Waals surface area contributed by atoms with E-state index in [0.717, 1.165) is 17.8 Å². The van der Waals surface area contributed by atoms with Crippen LogP contribution in [-0.2, 0) is 14.2 Å². The molecule has 1 aromatic carbocycles. The highest BCUT2D eigenvalue weighted by Crippen LogP contribution is 2.53. The van der Waals surface area contributed by atoms with Gasteiger partial charge in [-0.25, -0.2) is 4.39 Å². The summed E-state index contributed by atoms with van der Waals surface area (Å²) in [6.45, 7) is 0.834. The van der Waals surface area contributed by atoms with E-state index < -0.39 is 31.5 Å². The van der Waals surface area contributed by atoms with Crippen molar-refractivity contribution in [2.45, 2.75) is 62.1 Å². The number of nitrogens with one attached hydrogen (secondary N) is 2. The van der Waals surface area contributed by atoms with Crippen LogP contribution in [0.5, 0.6) is 0 Å². The maximum Gasteiger partial charge on any atom is 0.363 e. The van der Waals surface area contributed by atoms with Crippen molar-refractivity contribution in [3.63, 3.8) is 0 Å². The number of amides is 3. The van der Waals surface area contributed by atoms with E-state index in [1.807, 2.05) is 0 Å². The van der Waals surface area contributed by atoms with Gasteiger partial charge < -0.3 is 29.9 Å². The summed E-state index contributed by atoms with van der Waals surface area (Å²) in [5, 5.41) is 3.29. The van der Waals surface area contributed by atoms with Gasteiger partial charge in [0, 0.05) is 53.8 Å². The Morgan fingerprint density at radius 1 is 1.10 bits per heavy atom. The van der Waals surface area contributed by atoms with Crippen molar-refractivity contribution >= 4 is 46.7 Å². The Labute approximate surface area is 243 Å². The predicted molar refractivity (Wildman–Crippen MR) is 153 cm³/mol. The first-order valence-corrected chi connectivity index (χ1v) is 16.3. The standard InChI is InChI=1S/C28H30FN4O7PS/c29-25(41(38,39)40)15-4-7-23-16(10-15)11-24(42-23)26(35)31-20-3-1-2-18-5-6-21(33(18)27(20)36)28(37)32-13-17(14-32)19-12-30-9-8-22(19)34/h4,7-12,17-18,20-21,25H,1-3,5-6,13-14H2,(H,30,34)(H,31,35)(H2,38,39,40)/t18-,20-,21-,25?/m0/s1. The van der Waals surface area contributed by atoms with Gasteiger partial charge in [0.25, 0.3) is 5.91 Å². The second-order valence-corrected chi connectivity index (χ2v) is 13.9. The first kappa shape index (κ1) is 28.7. The Kier molecular flexibility index (Phi) is 7.55. The molecule has 0 bridgehead atoms. The Balaban J connectivity index is 1.14. The van der Waals surface area contributed by atoms with Crippen LogP contribution in [0.15, 0.2) is 47.5 Å². The normalized spacial score (nSPS) is 23.8. The monoisotopic (exact) mass is 616 g/mol. The lowest BCUT2D eigenvalue weighted by molar-refractivity contribution is -0.148. The second-order valence-electron chi connectivity index (χ2n) is 11.2. The van der Waals surface area contributed by atoms with E-state index in [0.29, 0.717) is 54.4 Å². The number of hydrogen-bond donors (Lipinski definition) is 4. The number of carbonyl (C=O) groups is 3. The lowest BCUT2D eigenvalue weighted by Crippen LogP contribution is -2.59. The highest BCUT2D eigenvalue weighted by Gasteiger charge is 2.47. The van der Waals surface area contributed by atoms with Crippen LogP contribution in [0.2, 0.25) is 0 Å². The number of rotatable bonds is 6. The van der Waals surface area contributed by atoms with Crippen LogP contribution in [0.3, 0.4) is 0 Å². The number of aromatic amines is 1. The van der Waals surface area contributed by atoms with Gasteiger partial charge in [0.15, 0.2) is 5.43 Å². The number of benzene rings is 1. The summed E-state index contributed by atoms with van der Waals surface area (Å²) in [7, 11) is -4.98. The summed E-state index contributed by atoms with van der Waals surface area (Å²) in [5.41, 5.74) is 0.391. The van der Waals surface area contributed by atoms with Gasteiger partial charge in [-0.1, -0.05) is 6.07 Å². The van der Waals surface area contributed by atoms with Gasteiger partial charge in [-0.05, 0) is 61.3 Å². The van der Waals surface area contributed by atoms with Crippen LogP contribution >= 0.6 is 18.9 Å². The Hall–Kier alpha value is -3.38. The van der Waals surface area contributed by atoms with Gasteiger partial charge in [-0.2, -0.15) is 0 Å². The molecule has 14 heteroatoms. The molecule has 42 heavy (non-hydrogen) atoms. The minimum Gasteiger partial charge on any atom is -0.367 e. The number of thiophene rings is 1. The average Bonchev–Trinajstić information content (AvgIpc) is 3.52. The first-order valence-electron chi connectivity index (χ1n) is 13.8. The second kappa shape index (κ2) is 11.0. The third kappa shape index (κ3) is 5.30. The number of nitrogens with zero attached hydrogens (tertiary/aromatic N) is 2. The molecule has 0 spiro atoms.